The largest absolute Gasteiger partial charge is 0.487 e. The predicted molar refractivity (Wildman–Crippen MR) is 88.8 cm³/mol. The van der Waals surface area contributed by atoms with Gasteiger partial charge in [0, 0.05) is 13.5 Å². The summed E-state index contributed by atoms with van der Waals surface area (Å²) >= 11 is 0. The smallest absolute Gasteiger partial charge is 0.220 e. The molecule has 0 spiro atoms. The van der Waals surface area contributed by atoms with Crippen molar-refractivity contribution in [2.75, 3.05) is 12.8 Å². The molecule has 0 aliphatic rings. The second-order valence-electron chi connectivity index (χ2n) is 5.26. The zero-order valence-electron chi connectivity index (χ0n) is 13.1. The topological polar surface area (TPSA) is 64.3 Å². The Morgan fingerprint density at radius 3 is 2.68 bits per heavy atom. The Bertz CT molecular complexity index is 653. The van der Waals surface area contributed by atoms with Gasteiger partial charge in [-0.2, -0.15) is 0 Å². The van der Waals surface area contributed by atoms with Gasteiger partial charge in [-0.1, -0.05) is 30.3 Å². The van der Waals surface area contributed by atoms with Gasteiger partial charge in [0.2, 0.25) is 5.91 Å². The maximum atomic E-state index is 11.3. The van der Waals surface area contributed by atoms with Gasteiger partial charge in [0.1, 0.15) is 12.4 Å². The fraction of sp³-hybridized carbons (Fsp3) is 0.278. The highest BCUT2D eigenvalue weighted by atomic mass is 16.5. The number of anilines is 1. The van der Waals surface area contributed by atoms with Crippen LogP contribution < -0.4 is 15.8 Å². The summed E-state index contributed by atoms with van der Waals surface area (Å²) in [5.74, 6) is 0.699. The van der Waals surface area contributed by atoms with E-state index in [0.29, 0.717) is 30.9 Å². The lowest BCUT2D eigenvalue weighted by Crippen LogP contribution is -2.17. The third-order valence-electron chi connectivity index (χ3n) is 3.64. The molecule has 2 aromatic rings. The quantitative estimate of drug-likeness (QED) is 0.806. The molecule has 0 saturated heterocycles. The maximum Gasteiger partial charge on any atom is 0.220 e. The first kappa shape index (κ1) is 15.9. The fourth-order valence-electron chi connectivity index (χ4n) is 2.20. The van der Waals surface area contributed by atoms with Crippen LogP contribution in [-0.2, 0) is 17.8 Å². The third kappa shape index (κ3) is 4.25. The molecule has 0 aromatic heterocycles. The molecule has 0 saturated carbocycles. The van der Waals surface area contributed by atoms with Gasteiger partial charge in [-0.25, -0.2) is 0 Å². The van der Waals surface area contributed by atoms with Crippen molar-refractivity contribution >= 4 is 11.6 Å². The van der Waals surface area contributed by atoms with Crippen LogP contribution in [0.15, 0.2) is 42.5 Å². The van der Waals surface area contributed by atoms with Gasteiger partial charge in [0.05, 0.1) is 5.69 Å². The average Bonchev–Trinajstić information content (AvgIpc) is 2.53. The number of hydrogen-bond acceptors (Lipinski definition) is 3. The number of nitrogen functional groups attached to an aromatic ring is 1. The Morgan fingerprint density at radius 1 is 1.23 bits per heavy atom. The average molecular weight is 298 g/mol. The number of nitrogens with one attached hydrogen (secondary N) is 1. The molecular weight excluding hydrogens is 276 g/mol. The summed E-state index contributed by atoms with van der Waals surface area (Å²) in [7, 11) is 1.64. The van der Waals surface area contributed by atoms with Crippen molar-refractivity contribution in [1.29, 1.82) is 0 Å². The molecule has 0 heterocycles. The van der Waals surface area contributed by atoms with Crippen LogP contribution >= 0.6 is 0 Å². The molecule has 0 fully saturated rings. The molecule has 0 atom stereocenters. The van der Waals surface area contributed by atoms with Gasteiger partial charge >= 0.3 is 0 Å². The highest BCUT2D eigenvalue weighted by Crippen LogP contribution is 2.24. The molecule has 4 heteroatoms. The summed E-state index contributed by atoms with van der Waals surface area (Å²) in [5, 5.41) is 2.61. The maximum absolute atomic E-state index is 11.3. The number of aryl methyl sites for hydroxylation is 2. The minimum absolute atomic E-state index is 0.0263. The molecule has 0 aliphatic heterocycles. The lowest BCUT2D eigenvalue weighted by Gasteiger charge is -2.12. The van der Waals surface area contributed by atoms with Crippen LogP contribution in [-0.4, -0.2) is 13.0 Å². The summed E-state index contributed by atoms with van der Waals surface area (Å²) < 4.78 is 5.80. The molecule has 2 rings (SSSR count). The Hall–Kier alpha value is -2.49. The Labute approximate surface area is 131 Å². The van der Waals surface area contributed by atoms with E-state index < -0.39 is 0 Å². The van der Waals surface area contributed by atoms with E-state index in [1.807, 2.05) is 36.4 Å². The molecule has 22 heavy (non-hydrogen) atoms. The van der Waals surface area contributed by atoms with Crippen LogP contribution in [0, 0.1) is 6.92 Å². The summed E-state index contributed by atoms with van der Waals surface area (Å²) in [5.41, 5.74) is 10.0. The number of hydrogen-bond donors (Lipinski definition) is 2. The first-order valence-electron chi connectivity index (χ1n) is 7.36. The van der Waals surface area contributed by atoms with E-state index in [1.165, 1.54) is 5.56 Å². The van der Waals surface area contributed by atoms with E-state index in [4.69, 9.17) is 10.5 Å². The minimum Gasteiger partial charge on any atom is -0.487 e. The van der Waals surface area contributed by atoms with Gasteiger partial charge in [0.15, 0.2) is 0 Å². The number of amides is 1. The first-order chi connectivity index (χ1) is 10.6. The minimum atomic E-state index is 0.0263. The van der Waals surface area contributed by atoms with Crippen molar-refractivity contribution in [2.45, 2.75) is 26.4 Å². The second kappa shape index (κ2) is 7.50. The van der Waals surface area contributed by atoms with Crippen molar-refractivity contribution in [3.05, 3.63) is 59.2 Å². The second-order valence-corrected chi connectivity index (χ2v) is 5.26. The number of nitrogens with two attached hydrogens (primary N) is 1. The molecule has 4 nitrogen and oxygen atoms in total. The van der Waals surface area contributed by atoms with Crippen molar-refractivity contribution in [3.8, 4) is 5.75 Å². The number of carbonyl (C=O) groups is 1. The molecule has 2 aromatic carbocycles. The van der Waals surface area contributed by atoms with Gasteiger partial charge in [-0.05, 0) is 42.2 Å². The lowest BCUT2D eigenvalue weighted by molar-refractivity contribution is -0.120. The van der Waals surface area contributed by atoms with Crippen molar-refractivity contribution in [1.82, 2.24) is 5.32 Å². The van der Waals surface area contributed by atoms with E-state index in [-0.39, 0.29) is 5.91 Å². The van der Waals surface area contributed by atoms with E-state index in [0.717, 1.165) is 11.1 Å². The molecule has 1 amide bonds. The van der Waals surface area contributed by atoms with Crippen LogP contribution in [0.3, 0.4) is 0 Å². The molecule has 0 unspecified atom stereocenters. The predicted octanol–water partition coefficient (Wildman–Crippen LogP) is 2.83. The first-order valence-corrected chi connectivity index (χ1v) is 7.36. The van der Waals surface area contributed by atoms with Gasteiger partial charge < -0.3 is 15.8 Å². The summed E-state index contributed by atoms with van der Waals surface area (Å²) in [4.78, 5) is 11.3. The van der Waals surface area contributed by atoms with Crippen LogP contribution in [0.25, 0.3) is 0 Å². The molecule has 3 N–H and O–H groups in total. The summed E-state index contributed by atoms with van der Waals surface area (Å²) in [6.45, 7) is 2.55. The van der Waals surface area contributed by atoms with Crippen LogP contribution in [0.2, 0.25) is 0 Å². The monoisotopic (exact) mass is 298 g/mol. The molecule has 0 aliphatic carbocycles. The Balaban J connectivity index is 1.98. The van der Waals surface area contributed by atoms with Gasteiger partial charge in [-0.15, -0.1) is 0 Å². The van der Waals surface area contributed by atoms with E-state index >= 15 is 0 Å². The molecular formula is C18H22N2O2. The van der Waals surface area contributed by atoms with Crippen molar-refractivity contribution in [2.24, 2.45) is 0 Å². The fourth-order valence-corrected chi connectivity index (χ4v) is 2.20. The highest BCUT2D eigenvalue weighted by molar-refractivity contribution is 5.75. The number of carbonyl (C=O) groups excluding carboxylic acids is 1. The third-order valence-corrected chi connectivity index (χ3v) is 3.64. The molecule has 116 valence electrons. The van der Waals surface area contributed by atoms with Crippen LogP contribution in [0.4, 0.5) is 5.69 Å². The summed E-state index contributed by atoms with van der Waals surface area (Å²) in [6.07, 6.45) is 1.13. The van der Waals surface area contributed by atoms with E-state index in [2.05, 4.69) is 18.3 Å². The van der Waals surface area contributed by atoms with Gasteiger partial charge in [0.25, 0.3) is 0 Å². The molecule has 0 radical (unpaired) electrons. The zero-order chi connectivity index (χ0) is 15.9. The number of ether oxygens (including phenoxy) is 1. The highest BCUT2D eigenvalue weighted by Gasteiger charge is 2.05. The van der Waals surface area contributed by atoms with Crippen LogP contribution in [0.1, 0.15) is 23.1 Å². The van der Waals surface area contributed by atoms with Crippen LogP contribution in [0.5, 0.6) is 5.75 Å². The van der Waals surface area contributed by atoms with E-state index in [9.17, 15) is 4.79 Å². The standard InChI is InChI=1S/C18H22N2O2/c1-13-5-3-4-6-15(13)12-22-17-9-7-14(11-16(17)19)8-10-18(21)20-2/h3-7,9,11H,8,10,12,19H2,1-2H3,(H,20,21). The number of rotatable bonds is 6. The molecule has 0 bridgehead atoms. The number of benzene rings is 2. The van der Waals surface area contributed by atoms with Gasteiger partial charge in [-0.3, -0.25) is 4.79 Å². The summed E-state index contributed by atoms with van der Waals surface area (Å²) in [6, 6.07) is 13.8. The zero-order valence-corrected chi connectivity index (χ0v) is 13.1. The van der Waals surface area contributed by atoms with E-state index in [1.54, 1.807) is 7.05 Å². The normalized spacial score (nSPS) is 10.3. The Kier molecular flexibility index (Phi) is 5.42. The Morgan fingerprint density at radius 2 is 2.00 bits per heavy atom. The SMILES string of the molecule is CNC(=O)CCc1ccc(OCc2ccccc2C)c(N)c1. The van der Waals surface area contributed by atoms with Crippen molar-refractivity contribution < 1.29 is 9.53 Å². The lowest BCUT2D eigenvalue weighted by atomic mass is 10.1. The van der Waals surface area contributed by atoms with Crippen molar-refractivity contribution in [3.63, 3.8) is 0 Å².